The Morgan fingerprint density at radius 2 is 2.20 bits per heavy atom. The van der Waals surface area contributed by atoms with Crippen molar-refractivity contribution in [2.24, 2.45) is 11.7 Å². The highest BCUT2D eigenvalue weighted by molar-refractivity contribution is 7.09. The lowest BCUT2D eigenvalue weighted by atomic mass is 9.95. The number of aromatic nitrogens is 1. The molecule has 0 radical (unpaired) electrons. The number of piperidine rings is 1. The van der Waals surface area contributed by atoms with Crippen molar-refractivity contribution in [3.63, 3.8) is 0 Å². The normalized spacial score (nSPS) is 20.7. The second kappa shape index (κ2) is 7.74. The summed E-state index contributed by atoms with van der Waals surface area (Å²) in [6.45, 7) is 10.9. The summed E-state index contributed by atoms with van der Waals surface area (Å²) in [6.07, 6.45) is 3.82. The summed E-state index contributed by atoms with van der Waals surface area (Å²) in [5.74, 6) is 0.791. The minimum atomic E-state index is 0. The molecule has 1 aliphatic heterocycles. The van der Waals surface area contributed by atoms with Gasteiger partial charge in [0.15, 0.2) is 0 Å². The molecule has 0 amide bonds. The van der Waals surface area contributed by atoms with Crippen LogP contribution < -0.4 is 5.73 Å². The minimum Gasteiger partial charge on any atom is -0.330 e. The van der Waals surface area contributed by atoms with E-state index in [0.29, 0.717) is 0 Å². The van der Waals surface area contributed by atoms with Crippen LogP contribution in [0.1, 0.15) is 50.7 Å². The Morgan fingerprint density at radius 3 is 2.80 bits per heavy atom. The summed E-state index contributed by atoms with van der Waals surface area (Å²) in [5.41, 5.74) is 7.09. The number of hydrogen-bond donors (Lipinski definition) is 1. The molecule has 2 rings (SSSR count). The molecule has 1 aromatic rings. The molecule has 116 valence electrons. The second-order valence-electron chi connectivity index (χ2n) is 6.71. The van der Waals surface area contributed by atoms with Crippen LogP contribution in [-0.2, 0) is 12.0 Å². The fourth-order valence-corrected chi connectivity index (χ4v) is 3.62. The van der Waals surface area contributed by atoms with Gasteiger partial charge >= 0.3 is 0 Å². The summed E-state index contributed by atoms with van der Waals surface area (Å²) in [7, 11) is 0. The molecule has 1 fully saturated rings. The lowest BCUT2D eigenvalue weighted by molar-refractivity contribution is 0.161. The Kier molecular flexibility index (Phi) is 6.92. The van der Waals surface area contributed by atoms with Crippen molar-refractivity contribution in [2.75, 3.05) is 19.6 Å². The summed E-state index contributed by atoms with van der Waals surface area (Å²) >= 11 is 1.80. The fraction of sp³-hybridized carbons (Fsp3) is 0.800. The summed E-state index contributed by atoms with van der Waals surface area (Å²) in [4.78, 5) is 7.35. The van der Waals surface area contributed by atoms with Gasteiger partial charge in [0, 0.05) is 23.9 Å². The molecule has 1 aromatic heterocycles. The third-order valence-electron chi connectivity index (χ3n) is 3.76. The van der Waals surface area contributed by atoms with Crippen LogP contribution in [0.4, 0.5) is 0 Å². The average Bonchev–Trinajstić information content (AvgIpc) is 2.78. The van der Waals surface area contributed by atoms with Gasteiger partial charge in [0.1, 0.15) is 0 Å². The number of nitrogens with two attached hydrogens (primary N) is 1. The Balaban J connectivity index is 0.00000200. The van der Waals surface area contributed by atoms with E-state index in [0.717, 1.165) is 19.0 Å². The SMILES string of the molecule is CC(C)(C)c1nc(CN2CCCC(CCN)C2)cs1.Cl. The Hall–Kier alpha value is -0.160. The maximum absolute atomic E-state index is 5.68. The molecule has 0 aliphatic carbocycles. The maximum Gasteiger partial charge on any atom is 0.0982 e. The Labute approximate surface area is 133 Å². The molecule has 1 unspecified atom stereocenters. The fourth-order valence-electron chi connectivity index (χ4n) is 2.72. The minimum absolute atomic E-state index is 0. The second-order valence-corrected chi connectivity index (χ2v) is 7.57. The van der Waals surface area contributed by atoms with Gasteiger partial charge < -0.3 is 5.73 Å². The van der Waals surface area contributed by atoms with Gasteiger partial charge in [-0.3, -0.25) is 4.90 Å². The zero-order valence-corrected chi connectivity index (χ0v) is 14.5. The van der Waals surface area contributed by atoms with Crippen LogP contribution in [0.5, 0.6) is 0 Å². The average molecular weight is 318 g/mol. The molecular weight excluding hydrogens is 290 g/mol. The summed E-state index contributed by atoms with van der Waals surface area (Å²) in [5, 5.41) is 3.48. The summed E-state index contributed by atoms with van der Waals surface area (Å²) in [6, 6.07) is 0. The van der Waals surface area contributed by atoms with Crippen LogP contribution in [0.2, 0.25) is 0 Å². The van der Waals surface area contributed by atoms with Crippen molar-refractivity contribution in [1.82, 2.24) is 9.88 Å². The van der Waals surface area contributed by atoms with Crippen LogP contribution in [0.3, 0.4) is 0 Å². The van der Waals surface area contributed by atoms with Gasteiger partial charge in [-0.2, -0.15) is 0 Å². The predicted octanol–water partition coefficient (Wildman–Crippen LogP) is 3.42. The van der Waals surface area contributed by atoms with E-state index in [-0.39, 0.29) is 17.8 Å². The van der Waals surface area contributed by atoms with Crippen molar-refractivity contribution in [2.45, 2.75) is 52.0 Å². The maximum atomic E-state index is 5.68. The van der Waals surface area contributed by atoms with Crippen molar-refractivity contribution in [3.05, 3.63) is 16.1 Å². The van der Waals surface area contributed by atoms with Crippen molar-refractivity contribution < 1.29 is 0 Å². The Morgan fingerprint density at radius 1 is 1.45 bits per heavy atom. The molecule has 0 aromatic carbocycles. The molecule has 0 spiro atoms. The summed E-state index contributed by atoms with van der Waals surface area (Å²) < 4.78 is 0. The van der Waals surface area contributed by atoms with E-state index in [2.05, 4.69) is 31.1 Å². The first-order chi connectivity index (χ1) is 8.99. The van der Waals surface area contributed by atoms with Crippen molar-refractivity contribution in [1.29, 1.82) is 0 Å². The number of thiazole rings is 1. The highest BCUT2D eigenvalue weighted by Gasteiger charge is 2.22. The largest absolute Gasteiger partial charge is 0.330 e. The standard InChI is InChI=1S/C15H27N3S.ClH/c1-15(2,3)14-17-13(11-19-14)10-18-8-4-5-12(9-18)6-7-16;/h11-12H,4-10,16H2,1-3H3;1H. The van der Waals surface area contributed by atoms with Crippen LogP contribution in [0.15, 0.2) is 5.38 Å². The zero-order valence-electron chi connectivity index (χ0n) is 12.9. The van der Waals surface area contributed by atoms with Gasteiger partial charge in [-0.05, 0) is 38.3 Å². The lowest BCUT2D eigenvalue weighted by Gasteiger charge is -2.32. The van der Waals surface area contributed by atoms with Gasteiger partial charge in [0.05, 0.1) is 10.7 Å². The van der Waals surface area contributed by atoms with Gasteiger partial charge in [0.25, 0.3) is 0 Å². The van der Waals surface area contributed by atoms with Crippen LogP contribution in [0, 0.1) is 5.92 Å². The van der Waals surface area contributed by atoms with Gasteiger partial charge in [-0.15, -0.1) is 23.7 Å². The predicted molar refractivity (Wildman–Crippen MR) is 89.7 cm³/mol. The van der Waals surface area contributed by atoms with E-state index in [1.165, 1.54) is 43.1 Å². The quantitative estimate of drug-likeness (QED) is 0.925. The molecule has 1 aliphatic rings. The van der Waals surface area contributed by atoms with Gasteiger partial charge in [0.2, 0.25) is 0 Å². The van der Waals surface area contributed by atoms with Crippen LogP contribution >= 0.6 is 23.7 Å². The lowest BCUT2D eigenvalue weighted by Crippen LogP contribution is -2.35. The number of nitrogens with zero attached hydrogens (tertiary/aromatic N) is 2. The molecule has 0 bridgehead atoms. The van der Waals surface area contributed by atoms with Crippen LogP contribution in [-0.4, -0.2) is 29.5 Å². The highest BCUT2D eigenvalue weighted by Crippen LogP contribution is 2.27. The van der Waals surface area contributed by atoms with E-state index >= 15 is 0 Å². The molecule has 2 N–H and O–H groups in total. The van der Waals surface area contributed by atoms with Crippen molar-refractivity contribution in [3.8, 4) is 0 Å². The number of likely N-dealkylation sites (tertiary alicyclic amines) is 1. The number of halogens is 1. The first kappa shape index (κ1) is 17.9. The molecule has 20 heavy (non-hydrogen) atoms. The van der Waals surface area contributed by atoms with Gasteiger partial charge in [-0.1, -0.05) is 20.8 Å². The molecule has 2 heterocycles. The molecular formula is C15H28ClN3S. The smallest absolute Gasteiger partial charge is 0.0982 e. The monoisotopic (exact) mass is 317 g/mol. The first-order valence-electron chi connectivity index (χ1n) is 7.36. The topological polar surface area (TPSA) is 42.2 Å². The van der Waals surface area contributed by atoms with E-state index in [4.69, 9.17) is 10.7 Å². The number of rotatable bonds is 4. The highest BCUT2D eigenvalue weighted by atomic mass is 35.5. The molecule has 3 nitrogen and oxygen atoms in total. The third kappa shape index (κ3) is 4.99. The van der Waals surface area contributed by atoms with E-state index in [9.17, 15) is 0 Å². The number of hydrogen-bond acceptors (Lipinski definition) is 4. The third-order valence-corrected chi connectivity index (χ3v) is 5.07. The molecule has 1 atom stereocenters. The molecule has 0 saturated carbocycles. The molecule has 5 heteroatoms. The van der Waals surface area contributed by atoms with E-state index in [1.54, 1.807) is 11.3 Å². The zero-order chi connectivity index (χ0) is 13.9. The van der Waals surface area contributed by atoms with Crippen LogP contribution in [0.25, 0.3) is 0 Å². The Bertz CT molecular complexity index is 398. The van der Waals surface area contributed by atoms with E-state index < -0.39 is 0 Å². The first-order valence-corrected chi connectivity index (χ1v) is 8.24. The molecule has 1 saturated heterocycles. The van der Waals surface area contributed by atoms with Gasteiger partial charge in [-0.25, -0.2) is 4.98 Å². The van der Waals surface area contributed by atoms with Crippen molar-refractivity contribution >= 4 is 23.7 Å². The van der Waals surface area contributed by atoms with E-state index in [1.807, 2.05) is 0 Å².